The van der Waals surface area contributed by atoms with E-state index in [0.717, 1.165) is 13.0 Å². The number of benzene rings is 2. The normalized spacial score (nSPS) is 23.0. The fourth-order valence-electron chi connectivity index (χ4n) is 2.84. The molecule has 0 spiro atoms. The molecule has 0 bridgehead atoms. The second-order valence-electron chi connectivity index (χ2n) is 5.68. The van der Waals surface area contributed by atoms with Gasteiger partial charge in [-0.05, 0) is 0 Å². The van der Waals surface area contributed by atoms with Crippen molar-refractivity contribution in [2.45, 2.75) is 24.8 Å². The van der Waals surface area contributed by atoms with E-state index in [0.29, 0.717) is 20.9 Å². The summed E-state index contributed by atoms with van der Waals surface area (Å²) in [5.74, 6) is 0.537. The zero-order valence-corrected chi connectivity index (χ0v) is 14.7. The molecule has 0 saturated carbocycles. The van der Waals surface area contributed by atoms with Crippen molar-refractivity contribution < 1.29 is 4.74 Å². The minimum atomic E-state index is 0.167. The Hall–Kier alpha value is -1.34. The fraction of sp³-hybridized carbons (Fsp3) is 0.300. The first-order chi connectivity index (χ1) is 10.8. The van der Waals surface area contributed by atoms with E-state index in [1.807, 2.05) is 0 Å². The summed E-state index contributed by atoms with van der Waals surface area (Å²) in [6, 6.07) is 21.4. The number of rotatable bonds is 5. The molecule has 2 aromatic carbocycles. The molecule has 2 unspecified atom stereocenters. The molecule has 2 atom stereocenters. The van der Waals surface area contributed by atoms with Gasteiger partial charge in [0.2, 0.25) is 0 Å². The van der Waals surface area contributed by atoms with Crippen molar-refractivity contribution in [2.75, 3.05) is 6.61 Å². The fourth-order valence-corrected chi connectivity index (χ4v) is 4.56. The molecule has 1 aliphatic heterocycles. The first-order valence-corrected chi connectivity index (χ1v) is 9.95. The van der Waals surface area contributed by atoms with E-state index in [4.69, 9.17) is 4.74 Å². The van der Waals surface area contributed by atoms with E-state index in [2.05, 4.69) is 73.7 Å². The summed E-state index contributed by atoms with van der Waals surface area (Å²) in [6.07, 6.45) is 3.75. The average molecular weight is 357 g/mol. The maximum absolute atomic E-state index is 6.02. The van der Waals surface area contributed by atoms with Crippen LogP contribution in [0.3, 0.4) is 0 Å². The number of hydrogen-bond acceptors (Lipinski definition) is 1. The molecule has 1 nitrogen and oxygen atoms in total. The van der Waals surface area contributed by atoms with E-state index >= 15 is 0 Å². The van der Waals surface area contributed by atoms with Crippen molar-refractivity contribution in [2.24, 2.45) is 5.92 Å². The summed E-state index contributed by atoms with van der Waals surface area (Å²) in [6.45, 7) is 3.12. The van der Waals surface area contributed by atoms with E-state index in [-0.39, 0.29) is 6.10 Å². The van der Waals surface area contributed by atoms with Crippen LogP contribution in [0.25, 0.3) is 0 Å². The van der Waals surface area contributed by atoms with Crippen LogP contribution in [0.4, 0.5) is 0 Å². The molecule has 0 amide bonds. The van der Waals surface area contributed by atoms with Crippen molar-refractivity contribution in [3.63, 3.8) is 0 Å². The molecule has 3 rings (SSSR count). The predicted octanol–water partition coefficient (Wildman–Crippen LogP) is 4.16. The molecule has 0 radical (unpaired) electrons. The standard InChI is InChI=1S/C20H22OSe/c1-16-15-21-20(17-9-4-2-5-10-17)19(16)13-8-14-22-18-11-6-3-7-12-18/h2-7,9-13,16,20H,8,14-15H2,1H3/b19-13-. The Morgan fingerprint density at radius 3 is 2.45 bits per heavy atom. The van der Waals surface area contributed by atoms with Gasteiger partial charge in [-0.25, -0.2) is 0 Å². The zero-order valence-electron chi connectivity index (χ0n) is 12.9. The van der Waals surface area contributed by atoms with E-state index in [1.54, 1.807) is 0 Å². The summed E-state index contributed by atoms with van der Waals surface area (Å²) in [5, 5.41) is 1.26. The molecule has 2 aromatic rings. The summed E-state index contributed by atoms with van der Waals surface area (Å²) in [4.78, 5) is 0. The Morgan fingerprint density at radius 1 is 1.05 bits per heavy atom. The minimum absolute atomic E-state index is 0.167. The molecule has 2 heteroatoms. The maximum atomic E-state index is 6.02. The Morgan fingerprint density at radius 2 is 1.73 bits per heavy atom. The summed E-state index contributed by atoms with van der Waals surface area (Å²) >= 11 is 0.573. The Kier molecular flexibility index (Phi) is 5.50. The first-order valence-electron chi connectivity index (χ1n) is 7.89. The van der Waals surface area contributed by atoms with Crippen LogP contribution in [-0.2, 0) is 4.74 Å². The first kappa shape index (κ1) is 15.6. The molecular formula is C20H22OSe. The van der Waals surface area contributed by atoms with Gasteiger partial charge in [0.05, 0.1) is 0 Å². The van der Waals surface area contributed by atoms with Gasteiger partial charge in [0.15, 0.2) is 0 Å². The zero-order chi connectivity index (χ0) is 15.2. The van der Waals surface area contributed by atoms with Crippen molar-refractivity contribution in [1.82, 2.24) is 0 Å². The van der Waals surface area contributed by atoms with Crippen LogP contribution in [0.15, 0.2) is 72.3 Å². The molecule has 1 heterocycles. The monoisotopic (exact) mass is 358 g/mol. The van der Waals surface area contributed by atoms with Gasteiger partial charge in [-0.1, -0.05) is 0 Å². The van der Waals surface area contributed by atoms with Gasteiger partial charge in [-0.2, -0.15) is 0 Å². The van der Waals surface area contributed by atoms with Gasteiger partial charge < -0.3 is 0 Å². The van der Waals surface area contributed by atoms with E-state index in [1.165, 1.54) is 20.9 Å². The molecule has 1 aliphatic rings. The van der Waals surface area contributed by atoms with Crippen LogP contribution in [0.1, 0.15) is 25.0 Å². The topological polar surface area (TPSA) is 9.23 Å². The van der Waals surface area contributed by atoms with Gasteiger partial charge in [-0.15, -0.1) is 0 Å². The molecular weight excluding hydrogens is 335 g/mol. The van der Waals surface area contributed by atoms with Crippen molar-refractivity contribution in [3.05, 3.63) is 77.9 Å². The number of ether oxygens (including phenoxy) is 1. The quantitative estimate of drug-likeness (QED) is 0.444. The summed E-state index contributed by atoms with van der Waals surface area (Å²) in [5.41, 5.74) is 2.75. The van der Waals surface area contributed by atoms with Crippen LogP contribution in [0.2, 0.25) is 5.32 Å². The third-order valence-electron chi connectivity index (χ3n) is 4.00. The van der Waals surface area contributed by atoms with Crippen LogP contribution < -0.4 is 4.46 Å². The van der Waals surface area contributed by atoms with Gasteiger partial charge >= 0.3 is 139 Å². The molecule has 0 aromatic heterocycles. The Balaban J connectivity index is 1.61. The van der Waals surface area contributed by atoms with Gasteiger partial charge in [0.1, 0.15) is 0 Å². The van der Waals surface area contributed by atoms with Gasteiger partial charge in [-0.3, -0.25) is 0 Å². The van der Waals surface area contributed by atoms with Crippen molar-refractivity contribution in [3.8, 4) is 0 Å². The second-order valence-corrected chi connectivity index (χ2v) is 8.13. The summed E-state index contributed by atoms with van der Waals surface area (Å²) < 4.78 is 7.51. The molecule has 22 heavy (non-hydrogen) atoms. The number of allylic oxidation sites excluding steroid dienone is 1. The molecule has 114 valence electrons. The van der Waals surface area contributed by atoms with Crippen LogP contribution in [-0.4, -0.2) is 21.6 Å². The van der Waals surface area contributed by atoms with Gasteiger partial charge in [0.25, 0.3) is 0 Å². The third kappa shape index (κ3) is 3.89. The SMILES string of the molecule is CC1COC(c2ccccc2)/C1=C\CC[Se]c1ccccc1. The Labute approximate surface area is 139 Å². The average Bonchev–Trinajstić information content (AvgIpc) is 2.94. The number of hydrogen-bond donors (Lipinski definition) is 0. The molecule has 0 N–H and O–H groups in total. The van der Waals surface area contributed by atoms with Gasteiger partial charge in [0, 0.05) is 0 Å². The van der Waals surface area contributed by atoms with Crippen molar-refractivity contribution in [1.29, 1.82) is 0 Å². The van der Waals surface area contributed by atoms with Crippen molar-refractivity contribution >= 4 is 19.4 Å². The Bertz CT molecular complexity index is 606. The van der Waals surface area contributed by atoms with E-state index < -0.39 is 0 Å². The van der Waals surface area contributed by atoms with Crippen LogP contribution >= 0.6 is 0 Å². The van der Waals surface area contributed by atoms with Crippen LogP contribution in [0.5, 0.6) is 0 Å². The summed E-state index contributed by atoms with van der Waals surface area (Å²) in [7, 11) is 0. The molecule has 1 saturated heterocycles. The third-order valence-corrected chi connectivity index (χ3v) is 6.19. The van der Waals surface area contributed by atoms with E-state index in [9.17, 15) is 0 Å². The molecule has 0 aliphatic carbocycles. The second kappa shape index (κ2) is 7.78. The molecule has 1 fully saturated rings. The predicted molar refractivity (Wildman–Crippen MR) is 93.6 cm³/mol. The van der Waals surface area contributed by atoms with Crippen LogP contribution in [0, 0.1) is 5.92 Å².